The Morgan fingerprint density at radius 1 is 1.50 bits per heavy atom. The molecule has 1 aromatic rings. The maximum Gasteiger partial charge on any atom is 0.332 e. The fraction of sp³-hybridized carbons (Fsp3) is 0.636. The largest absolute Gasteiger partial charge is 0.349 e. The second-order valence-electron chi connectivity index (χ2n) is 5.06. The molecule has 9 nitrogen and oxygen atoms in total. The molecule has 0 saturated carbocycles. The van der Waals surface area contributed by atoms with E-state index in [4.69, 9.17) is 5.84 Å². The quantitative estimate of drug-likeness (QED) is 0.454. The molecule has 1 atom stereocenters. The number of aromatic nitrogens is 2. The molecule has 3 N–H and O–H groups in total. The molecule has 20 heavy (non-hydrogen) atoms. The Morgan fingerprint density at radius 2 is 2.20 bits per heavy atom. The van der Waals surface area contributed by atoms with Crippen molar-refractivity contribution < 1.29 is 4.92 Å². The normalized spacial score (nSPS) is 18.6. The van der Waals surface area contributed by atoms with Gasteiger partial charge in [-0.1, -0.05) is 0 Å². The van der Waals surface area contributed by atoms with Crippen LogP contribution in [0.4, 0.5) is 17.5 Å². The van der Waals surface area contributed by atoms with Gasteiger partial charge in [-0.2, -0.15) is 4.98 Å². The van der Waals surface area contributed by atoms with E-state index in [9.17, 15) is 10.1 Å². The lowest BCUT2D eigenvalue weighted by molar-refractivity contribution is -0.385. The highest BCUT2D eigenvalue weighted by Gasteiger charge is 2.32. The number of hydrazine groups is 1. The van der Waals surface area contributed by atoms with Crippen LogP contribution in [0.25, 0.3) is 0 Å². The Hall–Kier alpha value is -2.00. The van der Waals surface area contributed by atoms with Crippen LogP contribution in [0.3, 0.4) is 0 Å². The highest BCUT2D eigenvalue weighted by molar-refractivity contribution is 5.63. The van der Waals surface area contributed by atoms with Gasteiger partial charge in [-0.3, -0.25) is 15.5 Å². The number of hydrogen-bond donors (Lipinski definition) is 2. The highest BCUT2D eigenvalue weighted by atomic mass is 16.6. The zero-order valence-electron chi connectivity index (χ0n) is 11.8. The van der Waals surface area contributed by atoms with Gasteiger partial charge in [0, 0.05) is 19.1 Å². The molecule has 2 heterocycles. The molecular formula is C11H19N7O2. The first kappa shape index (κ1) is 14.4. The molecule has 1 saturated heterocycles. The SMILES string of the molecule is Cc1nc(NN)nc(N2CCC(N(C)C)C2)c1[N+](=O)[O-]. The summed E-state index contributed by atoms with van der Waals surface area (Å²) in [6.45, 7) is 3.02. The highest BCUT2D eigenvalue weighted by Crippen LogP contribution is 2.32. The smallest absolute Gasteiger partial charge is 0.332 e. The summed E-state index contributed by atoms with van der Waals surface area (Å²) >= 11 is 0. The standard InChI is InChI=1S/C11H19N7O2/c1-7-9(18(19)20)10(14-11(13-7)15-12)17-5-4-8(6-17)16(2)3/h8H,4-6,12H2,1-3H3,(H,13,14,15). The number of nitrogens with one attached hydrogen (secondary N) is 1. The molecule has 0 amide bonds. The van der Waals surface area contributed by atoms with Gasteiger partial charge in [0.1, 0.15) is 5.69 Å². The average Bonchev–Trinajstić information content (AvgIpc) is 2.86. The number of nitrogens with two attached hydrogens (primary N) is 1. The van der Waals surface area contributed by atoms with Gasteiger partial charge in [-0.25, -0.2) is 10.8 Å². The summed E-state index contributed by atoms with van der Waals surface area (Å²) < 4.78 is 0. The summed E-state index contributed by atoms with van der Waals surface area (Å²) in [6.07, 6.45) is 0.943. The van der Waals surface area contributed by atoms with Crippen LogP contribution < -0.4 is 16.2 Å². The molecule has 1 aromatic heterocycles. The first-order valence-electron chi connectivity index (χ1n) is 6.35. The summed E-state index contributed by atoms with van der Waals surface area (Å²) in [5, 5.41) is 11.3. The van der Waals surface area contributed by atoms with E-state index in [1.807, 2.05) is 19.0 Å². The van der Waals surface area contributed by atoms with Gasteiger partial charge in [0.2, 0.25) is 11.8 Å². The van der Waals surface area contributed by atoms with Gasteiger partial charge < -0.3 is 9.80 Å². The van der Waals surface area contributed by atoms with E-state index in [2.05, 4.69) is 20.3 Å². The van der Waals surface area contributed by atoms with Crippen molar-refractivity contribution in [1.82, 2.24) is 14.9 Å². The monoisotopic (exact) mass is 281 g/mol. The zero-order chi connectivity index (χ0) is 14.9. The minimum Gasteiger partial charge on any atom is -0.349 e. The minimum absolute atomic E-state index is 0.0524. The van der Waals surface area contributed by atoms with Crippen LogP contribution in [0, 0.1) is 17.0 Å². The molecule has 1 aliphatic rings. The number of nitrogens with zero attached hydrogens (tertiary/aromatic N) is 5. The van der Waals surface area contributed by atoms with Gasteiger partial charge in [0.15, 0.2) is 0 Å². The van der Waals surface area contributed by atoms with E-state index < -0.39 is 4.92 Å². The van der Waals surface area contributed by atoms with Crippen molar-refractivity contribution in [2.24, 2.45) is 5.84 Å². The van der Waals surface area contributed by atoms with Crippen LogP contribution in [0.2, 0.25) is 0 Å². The van der Waals surface area contributed by atoms with E-state index in [1.165, 1.54) is 0 Å². The molecule has 0 bridgehead atoms. The second-order valence-corrected chi connectivity index (χ2v) is 5.06. The number of anilines is 2. The summed E-state index contributed by atoms with van der Waals surface area (Å²) in [4.78, 5) is 23.0. The van der Waals surface area contributed by atoms with Crippen molar-refractivity contribution in [3.8, 4) is 0 Å². The number of hydrogen-bond acceptors (Lipinski definition) is 8. The van der Waals surface area contributed by atoms with Crippen molar-refractivity contribution in [1.29, 1.82) is 0 Å². The van der Waals surface area contributed by atoms with Crippen molar-refractivity contribution in [3.05, 3.63) is 15.8 Å². The van der Waals surface area contributed by atoms with Gasteiger partial charge in [-0.05, 0) is 27.4 Å². The first-order chi connectivity index (χ1) is 9.43. The van der Waals surface area contributed by atoms with Gasteiger partial charge in [0.05, 0.1) is 4.92 Å². The maximum absolute atomic E-state index is 11.3. The zero-order valence-corrected chi connectivity index (χ0v) is 11.8. The number of nitro groups is 1. The van der Waals surface area contributed by atoms with Crippen LogP contribution in [0.1, 0.15) is 12.1 Å². The van der Waals surface area contributed by atoms with Gasteiger partial charge >= 0.3 is 5.69 Å². The number of likely N-dealkylation sites (N-methyl/N-ethyl adjacent to an activating group) is 1. The molecule has 110 valence electrons. The third kappa shape index (κ3) is 2.63. The Balaban J connectivity index is 2.39. The molecule has 9 heteroatoms. The van der Waals surface area contributed by atoms with Crippen LogP contribution in [-0.2, 0) is 0 Å². The molecule has 0 aromatic carbocycles. The van der Waals surface area contributed by atoms with Gasteiger partial charge in [-0.15, -0.1) is 0 Å². The third-order valence-electron chi connectivity index (χ3n) is 3.54. The summed E-state index contributed by atoms with van der Waals surface area (Å²) in [6, 6.07) is 0.360. The number of rotatable bonds is 4. The lowest BCUT2D eigenvalue weighted by atomic mass is 10.2. The molecular weight excluding hydrogens is 262 g/mol. The van der Waals surface area contributed by atoms with Crippen LogP contribution in [0.5, 0.6) is 0 Å². The van der Waals surface area contributed by atoms with Crippen molar-refractivity contribution in [2.75, 3.05) is 37.5 Å². The predicted molar refractivity (Wildman–Crippen MR) is 75.5 cm³/mol. The van der Waals surface area contributed by atoms with Gasteiger partial charge in [0.25, 0.3) is 0 Å². The Morgan fingerprint density at radius 3 is 2.70 bits per heavy atom. The Bertz CT molecular complexity index is 520. The Labute approximate surface area is 116 Å². The fourth-order valence-electron chi connectivity index (χ4n) is 2.41. The molecule has 0 radical (unpaired) electrons. The summed E-state index contributed by atoms with van der Waals surface area (Å²) in [5.74, 6) is 5.84. The lowest BCUT2D eigenvalue weighted by Gasteiger charge is -2.21. The molecule has 1 unspecified atom stereocenters. The lowest BCUT2D eigenvalue weighted by Crippen LogP contribution is -2.32. The molecule has 0 spiro atoms. The molecule has 0 aliphatic carbocycles. The van der Waals surface area contributed by atoms with Crippen LogP contribution in [-0.4, -0.2) is 53.0 Å². The first-order valence-corrected chi connectivity index (χ1v) is 6.35. The van der Waals surface area contributed by atoms with E-state index in [0.29, 0.717) is 24.1 Å². The van der Waals surface area contributed by atoms with Crippen molar-refractivity contribution >= 4 is 17.5 Å². The van der Waals surface area contributed by atoms with Crippen LogP contribution in [0.15, 0.2) is 0 Å². The van der Waals surface area contributed by atoms with E-state index >= 15 is 0 Å². The number of nitrogen functional groups attached to an aromatic ring is 1. The van der Waals surface area contributed by atoms with E-state index in [1.54, 1.807) is 6.92 Å². The maximum atomic E-state index is 11.3. The van der Waals surface area contributed by atoms with Crippen molar-refractivity contribution in [2.45, 2.75) is 19.4 Å². The second kappa shape index (κ2) is 5.55. The van der Waals surface area contributed by atoms with Crippen molar-refractivity contribution in [3.63, 3.8) is 0 Å². The molecule has 1 aliphatic heterocycles. The molecule has 1 fully saturated rings. The third-order valence-corrected chi connectivity index (χ3v) is 3.54. The predicted octanol–water partition coefficient (Wildman–Crippen LogP) is 0.119. The van der Waals surface area contributed by atoms with E-state index in [0.717, 1.165) is 13.0 Å². The summed E-state index contributed by atoms with van der Waals surface area (Å²) in [7, 11) is 4.00. The Kier molecular flexibility index (Phi) is 4.00. The molecule has 2 rings (SSSR count). The average molecular weight is 281 g/mol. The van der Waals surface area contributed by atoms with Crippen LogP contribution >= 0.6 is 0 Å². The number of aryl methyl sites for hydroxylation is 1. The summed E-state index contributed by atoms with van der Waals surface area (Å²) in [5.41, 5.74) is 2.60. The topological polar surface area (TPSA) is 113 Å². The fourth-order valence-corrected chi connectivity index (χ4v) is 2.41. The van der Waals surface area contributed by atoms with E-state index in [-0.39, 0.29) is 11.6 Å². The minimum atomic E-state index is -0.437.